The summed E-state index contributed by atoms with van der Waals surface area (Å²) >= 11 is 0. The van der Waals surface area contributed by atoms with Crippen molar-refractivity contribution in [1.29, 1.82) is 0 Å². The standard InChI is InChI=1S/C22H33N7O2/c1-5-18(14-23-11-12-31-4)25-22(30)26-21-16(2)20(17-13-24-28(3)15-17)27-29(21)19-9-7-6-8-10-19/h6-10,15,18,23-24H,5,11-14H2,1-4H3,(H2,25,26,30)/t18-/m0/s1. The maximum atomic E-state index is 12.8. The molecule has 9 nitrogen and oxygen atoms in total. The summed E-state index contributed by atoms with van der Waals surface area (Å²) in [5.41, 5.74) is 7.00. The van der Waals surface area contributed by atoms with Crippen molar-refractivity contribution in [3.8, 4) is 5.69 Å². The smallest absolute Gasteiger partial charge is 0.320 e. The van der Waals surface area contributed by atoms with Gasteiger partial charge in [-0.25, -0.2) is 14.9 Å². The predicted octanol–water partition coefficient (Wildman–Crippen LogP) is 2.11. The van der Waals surface area contributed by atoms with Crippen molar-refractivity contribution in [2.45, 2.75) is 26.3 Å². The average Bonchev–Trinajstić information content (AvgIpc) is 3.34. The van der Waals surface area contributed by atoms with Crippen LogP contribution in [-0.4, -0.2) is 67.3 Å². The van der Waals surface area contributed by atoms with E-state index in [0.29, 0.717) is 25.5 Å². The van der Waals surface area contributed by atoms with Crippen LogP contribution in [0.2, 0.25) is 0 Å². The fraction of sp³-hybridized carbons (Fsp3) is 0.455. The molecule has 1 atom stereocenters. The van der Waals surface area contributed by atoms with Crippen molar-refractivity contribution in [1.82, 2.24) is 30.8 Å². The molecular weight excluding hydrogens is 394 g/mol. The monoisotopic (exact) mass is 427 g/mol. The van der Waals surface area contributed by atoms with Crippen LogP contribution in [0.4, 0.5) is 10.6 Å². The van der Waals surface area contributed by atoms with E-state index in [-0.39, 0.29) is 12.1 Å². The van der Waals surface area contributed by atoms with Crippen LogP contribution in [0.5, 0.6) is 0 Å². The molecule has 1 aromatic heterocycles. The van der Waals surface area contributed by atoms with Gasteiger partial charge in [-0.3, -0.25) is 5.32 Å². The van der Waals surface area contributed by atoms with Crippen molar-refractivity contribution >= 4 is 17.4 Å². The molecule has 0 fully saturated rings. The second-order valence-corrected chi connectivity index (χ2v) is 7.57. The number of para-hydroxylation sites is 1. The summed E-state index contributed by atoms with van der Waals surface area (Å²) in [5, 5.41) is 16.1. The highest BCUT2D eigenvalue weighted by molar-refractivity contribution is 5.90. The Kier molecular flexibility index (Phi) is 8.05. The van der Waals surface area contributed by atoms with Gasteiger partial charge in [0.2, 0.25) is 0 Å². The summed E-state index contributed by atoms with van der Waals surface area (Å²) in [7, 11) is 3.63. The lowest BCUT2D eigenvalue weighted by Crippen LogP contribution is -2.44. The third-order valence-corrected chi connectivity index (χ3v) is 5.23. The van der Waals surface area contributed by atoms with Gasteiger partial charge in [0.15, 0.2) is 0 Å². The number of hydrogen-bond donors (Lipinski definition) is 4. The fourth-order valence-corrected chi connectivity index (χ4v) is 3.46. The van der Waals surface area contributed by atoms with Crippen LogP contribution in [0.15, 0.2) is 36.5 Å². The zero-order valence-corrected chi connectivity index (χ0v) is 18.7. The van der Waals surface area contributed by atoms with Crippen molar-refractivity contribution < 1.29 is 9.53 Å². The van der Waals surface area contributed by atoms with Crippen LogP contribution in [0.3, 0.4) is 0 Å². The molecule has 31 heavy (non-hydrogen) atoms. The Morgan fingerprint density at radius 3 is 2.74 bits per heavy atom. The van der Waals surface area contributed by atoms with Gasteiger partial charge < -0.3 is 20.4 Å². The number of benzene rings is 1. The van der Waals surface area contributed by atoms with Crippen LogP contribution >= 0.6 is 0 Å². The molecule has 0 spiro atoms. The number of hydrogen-bond acceptors (Lipinski definition) is 6. The molecule has 3 rings (SSSR count). The number of amides is 2. The molecule has 0 radical (unpaired) electrons. The van der Waals surface area contributed by atoms with Gasteiger partial charge in [-0.15, -0.1) is 0 Å². The molecule has 0 bridgehead atoms. The molecule has 2 aromatic rings. The Hall–Kier alpha value is -2.88. The summed E-state index contributed by atoms with van der Waals surface area (Å²) in [6.07, 6.45) is 2.84. The first-order valence-electron chi connectivity index (χ1n) is 10.6. The number of nitrogens with one attached hydrogen (secondary N) is 4. The van der Waals surface area contributed by atoms with Gasteiger partial charge in [-0.05, 0) is 25.5 Å². The van der Waals surface area contributed by atoms with Crippen molar-refractivity contribution in [3.05, 3.63) is 47.8 Å². The number of ether oxygens (including phenoxy) is 1. The van der Waals surface area contributed by atoms with Gasteiger partial charge in [0.05, 0.1) is 18.0 Å². The maximum absolute atomic E-state index is 12.8. The molecule has 1 aromatic carbocycles. The normalized spacial score (nSPS) is 14.5. The Balaban J connectivity index is 1.79. The number of urea groups is 1. The third kappa shape index (κ3) is 5.84. The van der Waals surface area contributed by atoms with Gasteiger partial charge in [0.25, 0.3) is 0 Å². The van der Waals surface area contributed by atoms with Crippen LogP contribution in [0.25, 0.3) is 11.3 Å². The molecule has 2 amide bonds. The first-order chi connectivity index (χ1) is 15.0. The number of methoxy groups -OCH3 is 1. The predicted molar refractivity (Wildman–Crippen MR) is 123 cm³/mol. The van der Waals surface area contributed by atoms with E-state index in [1.165, 1.54) is 0 Å². The lowest BCUT2D eigenvalue weighted by Gasteiger charge is -2.18. The van der Waals surface area contributed by atoms with Crippen molar-refractivity contribution in [2.24, 2.45) is 0 Å². The number of carbonyl (C=O) groups is 1. The van der Waals surface area contributed by atoms with E-state index in [1.807, 2.05) is 55.5 Å². The number of anilines is 1. The SMILES string of the molecule is CC[C@@H](CNCCOC)NC(=O)Nc1c(C)c(C2=CN(C)NC2)nn1-c1ccccc1. The minimum Gasteiger partial charge on any atom is -0.383 e. The van der Waals surface area contributed by atoms with E-state index < -0.39 is 0 Å². The van der Waals surface area contributed by atoms with Gasteiger partial charge >= 0.3 is 6.03 Å². The minimum atomic E-state index is -0.247. The molecule has 9 heteroatoms. The van der Waals surface area contributed by atoms with E-state index in [1.54, 1.807) is 11.8 Å². The second-order valence-electron chi connectivity index (χ2n) is 7.57. The number of rotatable bonds is 10. The topological polar surface area (TPSA) is 95.5 Å². The van der Waals surface area contributed by atoms with E-state index >= 15 is 0 Å². The molecule has 0 saturated heterocycles. The van der Waals surface area contributed by atoms with E-state index in [2.05, 4.69) is 28.3 Å². The van der Waals surface area contributed by atoms with Gasteiger partial charge in [-0.1, -0.05) is 25.1 Å². The van der Waals surface area contributed by atoms with Gasteiger partial charge in [-0.2, -0.15) is 5.10 Å². The van der Waals surface area contributed by atoms with Crippen molar-refractivity contribution in [3.63, 3.8) is 0 Å². The molecule has 0 aliphatic carbocycles. The first kappa shape index (κ1) is 22.8. The van der Waals surface area contributed by atoms with Crippen LogP contribution in [0.1, 0.15) is 24.6 Å². The number of aromatic nitrogens is 2. The minimum absolute atomic E-state index is 0.0140. The van der Waals surface area contributed by atoms with E-state index in [9.17, 15) is 4.79 Å². The zero-order valence-electron chi connectivity index (χ0n) is 18.7. The van der Waals surface area contributed by atoms with Gasteiger partial charge in [0.1, 0.15) is 5.82 Å². The molecule has 4 N–H and O–H groups in total. The summed E-state index contributed by atoms with van der Waals surface area (Å²) < 4.78 is 6.85. The zero-order chi connectivity index (χ0) is 22.2. The molecular formula is C22H33N7O2. The van der Waals surface area contributed by atoms with E-state index in [0.717, 1.165) is 35.5 Å². The van der Waals surface area contributed by atoms with Crippen LogP contribution in [0, 0.1) is 6.92 Å². The Bertz CT molecular complexity index is 895. The quantitative estimate of drug-likeness (QED) is 0.434. The Labute approximate surface area is 183 Å². The lowest BCUT2D eigenvalue weighted by molar-refractivity contribution is 0.198. The molecule has 0 unspecified atom stereocenters. The van der Waals surface area contributed by atoms with Gasteiger partial charge in [0, 0.05) is 57.2 Å². The highest BCUT2D eigenvalue weighted by Crippen LogP contribution is 2.28. The van der Waals surface area contributed by atoms with E-state index in [4.69, 9.17) is 9.84 Å². The Morgan fingerprint density at radius 2 is 2.10 bits per heavy atom. The van der Waals surface area contributed by atoms with Crippen LogP contribution in [-0.2, 0) is 4.74 Å². The second kappa shape index (κ2) is 10.9. The van der Waals surface area contributed by atoms with Crippen LogP contribution < -0.4 is 21.4 Å². The molecule has 0 saturated carbocycles. The molecule has 2 heterocycles. The average molecular weight is 428 g/mol. The highest BCUT2D eigenvalue weighted by atomic mass is 16.5. The third-order valence-electron chi connectivity index (χ3n) is 5.23. The largest absolute Gasteiger partial charge is 0.383 e. The summed E-state index contributed by atoms with van der Waals surface area (Å²) in [4.78, 5) is 12.8. The summed E-state index contributed by atoms with van der Waals surface area (Å²) in [6.45, 7) is 6.80. The molecule has 1 aliphatic heterocycles. The summed E-state index contributed by atoms with van der Waals surface area (Å²) in [5.74, 6) is 0.663. The highest BCUT2D eigenvalue weighted by Gasteiger charge is 2.23. The van der Waals surface area contributed by atoms with Crippen molar-refractivity contribution in [2.75, 3.05) is 45.7 Å². The molecule has 168 valence electrons. The molecule has 1 aliphatic rings. The number of hydrazine groups is 1. The number of carbonyl (C=O) groups excluding carboxylic acids is 1. The first-order valence-corrected chi connectivity index (χ1v) is 10.6. The number of nitrogens with zero attached hydrogens (tertiary/aromatic N) is 3. The fourth-order valence-electron chi connectivity index (χ4n) is 3.46. The summed E-state index contributed by atoms with van der Waals surface area (Å²) in [6, 6.07) is 9.59. The lowest BCUT2D eigenvalue weighted by atomic mass is 10.1. The Morgan fingerprint density at radius 1 is 1.32 bits per heavy atom. The maximum Gasteiger partial charge on any atom is 0.320 e.